The predicted octanol–water partition coefficient (Wildman–Crippen LogP) is 3.19. The molecule has 3 N–H and O–H groups in total. The largest absolute Gasteiger partial charge is 0.380 e. The van der Waals surface area contributed by atoms with E-state index in [4.69, 9.17) is 10.5 Å². The van der Waals surface area contributed by atoms with Crippen LogP contribution in [0.25, 0.3) is 10.1 Å². The molecule has 1 fully saturated rings. The summed E-state index contributed by atoms with van der Waals surface area (Å²) in [6, 6.07) is 5.30. The molecule has 0 radical (unpaired) electrons. The molecule has 0 unspecified atom stereocenters. The average molecular weight is 336 g/mol. The molecule has 0 spiro atoms. The molecule has 23 heavy (non-hydrogen) atoms. The summed E-state index contributed by atoms with van der Waals surface area (Å²) in [5.41, 5.74) is 6.54. The molecule has 1 aromatic carbocycles. The fraction of sp³-hybridized carbons (Fsp3) is 0.471. The van der Waals surface area contributed by atoms with Gasteiger partial charge in [0.05, 0.1) is 11.5 Å². The third-order valence-electron chi connectivity index (χ3n) is 4.37. The van der Waals surface area contributed by atoms with Gasteiger partial charge in [0.1, 0.15) is 5.82 Å². The second-order valence-corrected chi connectivity index (χ2v) is 7.09. The van der Waals surface area contributed by atoms with Crippen LogP contribution < -0.4 is 11.1 Å². The van der Waals surface area contributed by atoms with Crippen molar-refractivity contribution in [1.82, 2.24) is 5.32 Å². The minimum absolute atomic E-state index is 0.141. The number of benzene rings is 1. The smallest absolute Gasteiger partial charge is 0.261 e. The van der Waals surface area contributed by atoms with Crippen LogP contribution in [0.15, 0.2) is 18.2 Å². The summed E-state index contributed by atoms with van der Waals surface area (Å²) in [6.07, 6.45) is 3.64. The Balaban J connectivity index is 1.87. The molecule has 0 saturated heterocycles. The highest BCUT2D eigenvalue weighted by atomic mass is 32.1. The van der Waals surface area contributed by atoms with E-state index < -0.39 is 0 Å². The van der Waals surface area contributed by atoms with Crippen molar-refractivity contribution < 1.29 is 13.9 Å². The Labute approximate surface area is 138 Å². The SMILES string of the molecule is COCc1c(C(=O)NC2CCC(N)CC2)sc2cccc(F)c12. The highest BCUT2D eigenvalue weighted by molar-refractivity contribution is 7.21. The number of halogens is 1. The second-order valence-electron chi connectivity index (χ2n) is 6.04. The molecule has 3 rings (SSSR count). The molecule has 0 atom stereocenters. The van der Waals surface area contributed by atoms with E-state index in [1.807, 2.05) is 6.07 Å². The Morgan fingerprint density at radius 2 is 2.13 bits per heavy atom. The Hall–Kier alpha value is -1.50. The van der Waals surface area contributed by atoms with Crippen LogP contribution in [0, 0.1) is 5.82 Å². The minimum Gasteiger partial charge on any atom is -0.380 e. The second kappa shape index (κ2) is 6.95. The van der Waals surface area contributed by atoms with Gasteiger partial charge >= 0.3 is 0 Å². The van der Waals surface area contributed by atoms with Gasteiger partial charge in [0.2, 0.25) is 0 Å². The van der Waals surface area contributed by atoms with Crippen LogP contribution >= 0.6 is 11.3 Å². The van der Waals surface area contributed by atoms with Gasteiger partial charge in [-0.05, 0) is 37.8 Å². The van der Waals surface area contributed by atoms with Crippen molar-refractivity contribution in [3.63, 3.8) is 0 Å². The van der Waals surface area contributed by atoms with Gasteiger partial charge < -0.3 is 15.8 Å². The Morgan fingerprint density at radius 1 is 1.39 bits per heavy atom. The van der Waals surface area contributed by atoms with Crippen LogP contribution in [0.3, 0.4) is 0 Å². The van der Waals surface area contributed by atoms with Crippen LogP contribution in [0.5, 0.6) is 0 Å². The Morgan fingerprint density at radius 3 is 2.83 bits per heavy atom. The predicted molar refractivity (Wildman–Crippen MR) is 90.2 cm³/mol. The number of carbonyl (C=O) groups excluding carboxylic acids is 1. The Kier molecular flexibility index (Phi) is 4.94. The van der Waals surface area contributed by atoms with Crippen molar-refractivity contribution in [2.24, 2.45) is 5.73 Å². The van der Waals surface area contributed by atoms with E-state index in [0.717, 1.165) is 30.4 Å². The molecule has 0 bridgehead atoms. The topological polar surface area (TPSA) is 64.3 Å². The molecule has 6 heteroatoms. The lowest BCUT2D eigenvalue weighted by Gasteiger charge is -2.26. The first-order chi connectivity index (χ1) is 11.1. The zero-order valence-electron chi connectivity index (χ0n) is 13.1. The summed E-state index contributed by atoms with van der Waals surface area (Å²) in [4.78, 5) is 13.2. The molecule has 4 nitrogen and oxygen atoms in total. The summed E-state index contributed by atoms with van der Waals surface area (Å²) in [5.74, 6) is -0.452. The van der Waals surface area contributed by atoms with Crippen molar-refractivity contribution in [2.45, 2.75) is 44.4 Å². The third-order valence-corrected chi connectivity index (χ3v) is 5.56. The van der Waals surface area contributed by atoms with Crippen LogP contribution in [-0.2, 0) is 11.3 Å². The van der Waals surface area contributed by atoms with E-state index in [0.29, 0.717) is 15.8 Å². The number of rotatable bonds is 4. The number of hydrogen-bond donors (Lipinski definition) is 2. The van der Waals surface area contributed by atoms with Gasteiger partial charge in [0.15, 0.2) is 0 Å². The van der Waals surface area contributed by atoms with Crippen LogP contribution in [-0.4, -0.2) is 25.1 Å². The van der Waals surface area contributed by atoms with Crippen molar-refractivity contribution >= 4 is 27.3 Å². The zero-order chi connectivity index (χ0) is 16.4. The van der Waals surface area contributed by atoms with Crippen molar-refractivity contribution in [1.29, 1.82) is 0 Å². The number of amides is 1. The maximum absolute atomic E-state index is 14.2. The standard InChI is InChI=1S/C17H21FN2O2S/c1-22-9-12-15-13(18)3-2-4-14(15)23-16(12)17(21)20-11-7-5-10(19)6-8-11/h2-4,10-11H,5-9,19H2,1H3,(H,20,21). The zero-order valence-corrected chi connectivity index (χ0v) is 13.9. The maximum atomic E-state index is 14.2. The minimum atomic E-state index is -0.312. The quantitative estimate of drug-likeness (QED) is 0.901. The molecular weight excluding hydrogens is 315 g/mol. The number of nitrogens with two attached hydrogens (primary N) is 1. The summed E-state index contributed by atoms with van der Waals surface area (Å²) < 4.78 is 20.1. The summed E-state index contributed by atoms with van der Waals surface area (Å²) in [5, 5.41) is 3.57. The molecule has 1 aliphatic rings. The van der Waals surface area contributed by atoms with E-state index in [2.05, 4.69) is 5.32 Å². The molecular formula is C17H21FN2O2S. The molecule has 2 aromatic rings. The number of ether oxygens (including phenoxy) is 1. The first-order valence-electron chi connectivity index (χ1n) is 7.85. The van der Waals surface area contributed by atoms with Gasteiger partial charge in [0, 0.05) is 34.8 Å². The highest BCUT2D eigenvalue weighted by Crippen LogP contribution is 2.34. The van der Waals surface area contributed by atoms with E-state index in [1.165, 1.54) is 17.4 Å². The molecule has 0 aliphatic heterocycles. The number of methoxy groups -OCH3 is 1. The van der Waals surface area contributed by atoms with Gasteiger partial charge in [-0.25, -0.2) is 4.39 Å². The van der Waals surface area contributed by atoms with Gasteiger partial charge in [-0.1, -0.05) is 6.07 Å². The van der Waals surface area contributed by atoms with E-state index in [-0.39, 0.29) is 30.4 Å². The summed E-state index contributed by atoms with van der Waals surface area (Å²) >= 11 is 1.32. The molecule has 124 valence electrons. The first-order valence-corrected chi connectivity index (χ1v) is 8.67. The summed E-state index contributed by atoms with van der Waals surface area (Å²) in [7, 11) is 1.55. The maximum Gasteiger partial charge on any atom is 0.261 e. The number of hydrogen-bond acceptors (Lipinski definition) is 4. The van der Waals surface area contributed by atoms with E-state index in [1.54, 1.807) is 13.2 Å². The lowest BCUT2D eigenvalue weighted by atomic mass is 9.92. The third kappa shape index (κ3) is 3.39. The summed E-state index contributed by atoms with van der Waals surface area (Å²) in [6.45, 7) is 0.221. The fourth-order valence-corrected chi connectivity index (χ4v) is 4.27. The average Bonchev–Trinajstić information content (AvgIpc) is 2.90. The van der Waals surface area contributed by atoms with Crippen molar-refractivity contribution in [2.75, 3.05) is 7.11 Å². The molecule has 1 aromatic heterocycles. The van der Waals surface area contributed by atoms with Crippen LogP contribution in [0.4, 0.5) is 4.39 Å². The Bertz CT molecular complexity index is 708. The molecule has 1 aliphatic carbocycles. The fourth-order valence-electron chi connectivity index (χ4n) is 3.15. The monoisotopic (exact) mass is 336 g/mol. The number of nitrogens with one attached hydrogen (secondary N) is 1. The van der Waals surface area contributed by atoms with Crippen LogP contribution in [0.2, 0.25) is 0 Å². The lowest BCUT2D eigenvalue weighted by molar-refractivity contribution is 0.0926. The van der Waals surface area contributed by atoms with E-state index in [9.17, 15) is 9.18 Å². The number of thiophene rings is 1. The molecule has 1 amide bonds. The number of fused-ring (bicyclic) bond motifs is 1. The first kappa shape index (κ1) is 16.4. The van der Waals surface area contributed by atoms with Crippen LogP contribution in [0.1, 0.15) is 40.9 Å². The van der Waals surface area contributed by atoms with Gasteiger partial charge in [-0.15, -0.1) is 11.3 Å². The normalized spacial score (nSPS) is 21.5. The molecule has 1 saturated carbocycles. The van der Waals surface area contributed by atoms with Gasteiger partial charge in [0.25, 0.3) is 5.91 Å². The van der Waals surface area contributed by atoms with Crippen molar-refractivity contribution in [3.8, 4) is 0 Å². The van der Waals surface area contributed by atoms with Gasteiger partial charge in [-0.3, -0.25) is 4.79 Å². The molecule has 1 heterocycles. The van der Waals surface area contributed by atoms with Crippen molar-refractivity contribution in [3.05, 3.63) is 34.5 Å². The number of carbonyl (C=O) groups is 1. The lowest BCUT2D eigenvalue weighted by Crippen LogP contribution is -2.40. The van der Waals surface area contributed by atoms with Gasteiger partial charge in [-0.2, -0.15) is 0 Å². The van der Waals surface area contributed by atoms with E-state index >= 15 is 0 Å². The highest BCUT2D eigenvalue weighted by Gasteiger charge is 2.24.